The maximum absolute atomic E-state index is 12.4. The van der Waals surface area contributed by atoms with Crippen molar-refractivity contribution >= 4 is 35.0 Å². The highest BCUT2D eigenvalue weighted by Crippen LogP contribution is 2.21. The average Bonchev–Trinajstić information content (AvgIpc) is 2.75. The second kappa shape index (κ2) is 5.22. The third-order valence-corrected chi connectivity index (χ3v) is 3.17. The Morgan fingerprint density at radius 2 is 1.95 bits per heavy atom. The first-order valence-corrected chi connectivity index (χ1v) is 6.49. The lowest BCUT2D eigenvalue weighted by Gasteiger charge is -2.13. The SMILES string of the molecule is O=C1/C(=C/c2cccnc2)NC(=S)N1c1ccccc1. The summed E-state index contributed by atoms with van der Waals surface area (Å²) in [5.74, 6) is -0.162. The molecule has 0 atom stereocenters. The fourth-order valence-electron chi connectivity index (χ4n) is 1.97. The zero-order chi connectivity index (χ0) is 13.9. The van der Waals surface area contributed by atoms with Gasteiger partial charge in [-0.15, -0.1) is 0 Å². The minimum Gasteiger partial charge on any atom is -0.327 e. The molecule has 0 radical (unpaired) electrons. The number of anilines is 1. The fraction of sp³-hybridized carbons (Fsp3) is 0. The predicted molar refractivity (Wildman–Crippen MR) is 81.9 cm³/mol. The van der Waals surface area contributed by atoms with Gasteiger partial charge in [0.15, 0.2) is 5.11 Å². The van der Waals surface area contributed by atoms with Crippen molar-refractivity contribution in [1.29, 1.82) is 0 Å². The molecule has 20 heavy (non-hydrogen) atoms. The topological polar surface area (TPSA) is 45.2 Å². The van der Waals surface area contributed by atoms with Crippen LogP contribution in [0.1, 0.15) is 5.56 Å². The first kappa shape index (κ1) is 12.5. The minimum atomic E-state index is -0.162. The molecule has 1 aromatic heterocycles. The highest BCUT2D eigenvalue weighted by Gasteiger charge is 2.31. The highest BCUT2D eigenvalue weighted by atomic mass is 32.1. The smallest absolute Gasteiger partial charge is 0.281 e. The fourth-order valence-corrected chi connectivity index (χ4v) is 2.27. The van der Waals surface area contributed by atoms with Crippen LogP contribution < -0.4 is 10.2 Å². The van der Waals surface area contributed by atoms with Gasteiger partial charge in [0.1, 0.15) is 5.70 Å². The van der Waals surface area contributed by atoms with Gasteiger partial charge in [0, 0.05) is 12.4 Å². The molecular weight excluding hydrogens is 270 g/mol. The molecule has 1 aliphatic rings. The van der Waals surface area contributed by atoms with Crippen molar-refractivity contribution in [2.45, 2.75) is 0 Å². The highest BCUT2D eigenvalue weighted by molar-refractivity contribution is 7.80. The van der Waals surface area contributed by atoms with E-state index in [1.54, 1.807) is 18.5 Å². The quantitative estimate of drug-likeness (QED) is 0.678. The minimum absolute atomic E-state index is 0.162. The number of thiocarbonyl (C=S) groups is 1. The zero-order valence-electron chi connectivity index (χ0n) is 10.5. The number of para-hydroxylation sites is 1. The van der Waals surface area contributed by atoms with Crippen LogP contribution in [0.4, 0.5) is 5.69 Å². The Morgan fingerprint density at radius 1 is 1.15 bits per heavy atom. The maximum atomic E-state index is 12.4. The number of benzene rings is 1. The van der Waals surface area contributed by atoms with Crippen LogP contribution in [0.25, 0.3) is 6.08 Å². The summed E-state index contributed by atoms with van der Waals surface area (Å²) in [6.07, 6.45) is 5.12. The molecule has 0 saturated carbocycles. The van der Waals surface area contributed by atoms with Crippen LogP contribution in [0.5, 0.6) is 0 Å². The first-order chi connectivity index (χ1) is 9.75. The molecule has 0 unspecified atom stereocenters. The molecule has 1 aliphatic heterocycles. The van der Waals surface area contributed by atoms with Crippen LogP contribution in [0.15, 0.2) is 60.6 Å². The molecule has 0 bridgehead atoms. The van der Waals surface area contributed by atoms with Gasteiger partial charge >= 0.3 is 0 Å². The molecule has 1 N–H and O–H groups in total. The van der Waals surface area contributed by atoms with E-state index in [2.05, 4.69) is 10.3 Å². The van der Waals surface area contributed by atoms with Crippen LogP contribution in [0.2, 0.25) is 0 Å². The van der Waals surface area contributed by atoms with E-state index >= 15 is 0 Å². The number of hydrogen-bond acceptors (Lipinski definition) is 3. The average molecular weight is 281 g/mol. The number of hydrogen-bond donors (Lipinski definition) is 1. The normalized spacial score (nSPS) is 16.6. The van der Waals surface area contributed by atoms with Crippen LogP contribution in [-0.4, -0.2) is 16.0 Å². The van der Waals surface area contributed by atoms with Crippen molar-refractivity contribution in [2.75, 3.05) is 4.90 Å². The van der Waals surface area contributed by atoms with Gasteiger partial charge in [-0.2, -0.15) is 0 Å². The number of carbonyl (C=O) groups is 1. The maximum Gasteiger partial charge on any atom is 0.281 e. The van der Waals surface area contributed by atoms with E-state index in [4.69, 9.17) is 12.2 Å². The van der Waals surface area contributed by atoms with E-state index in [1.165, 1.54) is 4.90 Å². The van der Waals surface area contributed by atoms with Crippen molar-refractivity contribution in [3.8, 4) is 0 Å². The Balaban J connectivity index is 1.93. The lowest BCUT2D eigenvalue weighted by Crippen LogP contribution is -2.30. The first-order valence-electron chi connectivity index (χ1n) is 6.08. The summed E-state index contributed by atoms with van der Waals surface area (Å²) < 4.78 is 0. The molecular formula is C15H11N3OS. The molecule has 1 fully saturated rings. The Hall–Kier alpha value is -2.53. The molecule has 2 aromatic rings. The van der Waals surface area contributed by atoms with E-state index in [9.17, 15) is 4.79 Å². The molecule has 1 aromatic carbocycles. The molecule has 3 rings (SSSR count). The monoisotopic (exact) mass is 281 g/mol. The van der Waals surface area contributed by atoms with Crippen molar-refractivity contribution in [1.82, 2.24) is 10.3 Å². The van der Waals surface area contributed by atoms with Gasteiger partial charge in [-0.25, -0.2) is 0 Å². The summed E-state index contributed by atoms with van der Waals surface area (Å²) in [5.41, 5.74) is 2.05. The second-order valence-corrected chi connectivity index (χ2v) is 4.64. The summed E-state index contributed by atoms with van der Waals surface area (Å²) in [6, 6.07) is 13.0. The van der Waals surface area contributed by atoms with Gasteiger partial charge in [0.25, 0.3) is 5.91 Å². The lowest BCUT2D eigenvalue weighted by atomic mass is 10.2. The van der Waals surface area contributed by atoms with E-state index in [1.807, 2.05) is 42.5 Å². The number of aromatic nitrogens is 1. The third-order valence-electron chi connectivity index (χ3n) is 2.89. The van der Waals surface area contributed by atoms with Crippen LogP contribution in [0, 0.1) is 0 Å². The predicted octanol–water partition coefficient (Wildman–Crippen LogP) is 2.34. The second-order valence-electron chi connectivity index (χ2n) is 4.25. The molecule has 5 heteroatoms. The molecule has 98 valence electrons. The van der Waals surface area contributed by atoms with Crippen molar-refractivity contribution < 1.29 is 4.79 Å². The summed E-state index contributed by atoms with van der Waals surface area (Å²) >= 11 is 5.23. The molecule has 4 nitrogen and oxygen atoms in total. The van der Waals surface area contributed by atoms with Crippen molar-refractivity contribution in [3.05, 3.63) is 66.1 Å². The Morgan fingerprint density at radius 3 is 2.65 bits per heavy atom. The number of nitrogens with zero attached hydrogens (tertiary/aromatic N) is 2. The summed E-state index contributed by atoms with van der Waals surface area (Å²) in [4.78, 5) is 17.9. The van der Waals surface area contributed by atoms with Gasteiger partial charge in [0.2, 0.25) is 0 Å². The van der Waals surface area contributed by atoms with E-state index in [-0.39, 0.29) is 5.91 Å². The lowest BCUT2D eigenvalue weighted by molar-refractivity contribution is -0.113. The van der Waals surface area contributed by atoms with Gasteiger partial charge in [-0.3, -0.25) is 14.7 Å². The van der Waals surface area contributed by atoms with Gasteiger partial charge in [-0.05, 0) is 42.1 Å². The Kier molecular flexibility index (Phi) is 3.26. The summed E-state index contributed by atoms with van der Waals surface area (Å²) in [6.45, 7) is 0. The number of pyridine rings is 1. The molecule has 0 spiro atoms. The number of rotatable bonds is 2. The molecule has 1 saturated heterocycles. The van der Waals surface area contributed by atoms with E-state index in [0.29, 0.717) is 10.8 Å². The standard InChI is InChI=1S/C15H11N3OS/c19-14-13(9-11-5-4-8-16-10-11)17-15(20)18(14)12-6-2-1-3-7-12/h1-10H,(H,17,20)/b13-9-. The van der Waals surface area contributed by atoms with Crippen LogP contribution >= 0.6 is 12.2 Å². The molecule has 2 heterocycles. The Labute approximate surface area is 121 Å². The summed E-state index contributed by atoms with van der Waals surface area (Å²) in [7, 11) is 0. The van der Waals surface area contributed by atoms with Crippen LogP contribution in [0.3, 0.4) is 0 Å². The van der Waals surface area contributed by atoms with Crippen molar-refractivity contribution in [2.24, 2.45) is 0 Å². The number of amides is 1. The largest absolute Gasteiger partial charge is 0.327 e. The number of nitrogens with one attached hydrogen (secondary N) is 1. The zero-order valence-corrected chi connectivity index (χ0v) is 11.3. The van der Waals surface area contributed by atoms with E-state index in [0.717, 1.165) is 11.3 Å². The van der Waals surface area contributed by atoms with Crippen LogP contribution in [-0.2, 0) is 4.79 Å². The molecule has 1 amide bonds. The summed E-state index contributed by atoms with van der Waals surface area (Å²) in [5, 5.41) is 3.33. The number of carbonyl (C=O) groups excluding carboxylic acids is 1. The Bertz CT molecular complexity index is 683. The van der Waals surface area contributed by atoms with Crippen molar-refractivity contribution in [3.63, 3.8) is 0 Å². The van der Waals surface area contributed by atoms with E-state index < -0.39 is 0 Å². The van der Waals surface area contributed by atoms with Gasteiger partial charge in [0.05, 0.1) is 5.69 Å². The van der Waals surface area contributed by atoms with Gasteiger partial charge < -0.3 is 5.32 Å². The van der Waals surface area contributed by atoms with Gasteiger partial charge in [-0.1, -0.05) is 24.3 Å². The third kappa shape index (κ3) is 2.31. The molecule has 0 aliphatic carbocycles.